The molecule has 1 atom stereocenters. The third-order valence-corrected chi connectivity index (χ3v) is 3.99. The van der Waals surface area contributed by atoms with Crippen molar-refractivity contribution in [2.24, 2.45) is 0 Å². The maximum Gasteiger partial charge on any atom is 0.118 e. The first kappa shape index (κ1) is 17.3. The smallest absolute Gasteiger partial charge is 0.118 e. The lowest BCUT2D eigenvalue weighted by molar-refractivity contribution is -0.103. The van der Waals surface area contributed by atoms with E-state index in [1.54, 1.807) is 7.11 Å². The molecule has 0 saturated heterocycles. The molecule has 0 aromatic heterocycles. The van der Waals surface area contributed by atoms with Gasteiger partial charge >= 0.3 is 0 Å². The minimum atomic E-state index is -0.0733. The van der Waals surface area contributed by atoms with E-state index in [2.05, 4.69) is 38.2 Å². The summed E-state index contributed by atoms with van der Waals surface area (Å²) in [6.45, 7) is 6.47. The molecule has 1 saturated carbocycles. The molecule has 1 aromatic rings. The molecule has 0 radical (unpaired) electrons. The van der Waals surface area contributed by atoms with Gasteiger partial charge in [0.1, 0.15) is 5.75 Å². The minimum absolute atomic E-state index is 0.0733. The number of hydrogen-bond acceptors (Lipinski definition) is 4. The molecule has 0 heterocycles. The lowest BCUT2D eigenvalue weighted by atomic mass is 9.87. The fourth-order valence-corrected chi connectivity index (χ4v) is 2.89. The molecule has 124 valence electrons. The van der Waals surface area contributed by atoms with Crippen LogP contribution in [0.4, 0.5) is 0 Å². The number of methoxy groups -OCH3 is 1. The Morgan fingerprint density at radius 1 is 1.23 bits per heavy atom. The predicted octanol–water partition coefficient (Wildman–Crippen LogP) is 3.05. The van der Waals surface area contributed by atoms with Crippen molar-refractivity contribution < 1.29 is 14.6 Å². The summed E-state index contributed by atoms with van der Waals surface area (Å²) in [5.41, 5.74) is 1.12. The number of aliphatic hydroxyl groups is 1. The van der Waals surface area contributed by atoms with Crippen LogP contribution in [0.15, 0.2) is 24.3 Å². The van der Waals surface area contributed by atoms with Crippen LogP contribution in [0, 0.1) is 0 Å². The molecule has 4 heteroatoms. The molecule has 2 rings (SSSR count). The van der Waals surface area contributed by atoms with E-state index < -0.39 is 0 Å². The van der Waals surface area contributed by atoms with Gasteiger partial charge in [-0.1, -0.05) is 12.1 Å². The van der Waals surface area contributed by atoms with Crippen LogP contribution in [0.3, 0.4) is 0 Å². The van der Waals surface area contributed by atoms with E-state index in [0.29, 0.717) is 18.6 Å². The Kier molecular flexibility index (Phi) is 5.84. The van der Waals surface area contributed by atoms with E-state index in [9.17, 15) is 5.11 Å². The standard InChI is InChI=1S/C18H29NO3/c1-18(2,3)22-16-11-14(12-16)19-17(9-10-20)13-5-7-15(21-4)8-6-13/h5-8,14,16-17,19-20H,9-12H2,1-4H3. The Bertz CT molecular complexity index is 446. The van der Waals surface area contributed by atoms with Crippen LogP contribution in [-0.4, -0.2) is 36.6 Å². The van der Waals surface area contributed by atoms with Gasteiger partial charge < -0.3 is 19.9 Å². The predicted molar refractivity (Wildman–Crippen MR) is 88.2 cm³/mol. The summed E-state index contributed by atoms with van der Waals surface area (Å²) in [7, 11) is 1.67. The zero-order valence-corrected chi connectivity index (χ0v) is 14.1. The summed E-state index contributed by atoms with van der Waals surface area (Å²) in [4.78, 5) is 0. The third kappa shape index (κ3) is 4.97. The van der Waals surface area contributed by atoms with Gasteiger partial charge in [-0.05, 0) is 57.7 Å². The fourth-order valence-electron chi connectivity index (χ4n) is 2.89. The molecule has 1 aliphatic carbocycles. The second kappa shape index (κ2) is 7.44. The topological polar surface area (TPSA) is 50.7 Å². The van der Waals surface area contributed by atoms with Gasteiger partial charge in [-0.15, -0.1) is 0 Å². The van der Waals surface area contributed by atoms with Crippen LogP contribution < -0.4 is 10.1 Å². The van der Waals surface area contributed by atoms with Crippen LogP contribution in [0.5, 0.6) is 5.75 Å². The molecule has 0 bridgehead atoms. The first-order valence-corrected chi connectivity index (χ1v) is 8.10. The summed E-state index contributed by atoms with van der Waals surface area (Å²) in [5.74, 6) is 0.855. The van der Waals surface area contributed by atoms with E-state index in [4.69, 9.17) is 9.47 Å². The molecule has 1 aromatic carbocycles. The van der Waals surface area contributed by atoms with Crippen LogP contribution in [-0.2, 0) is 4.74 Å². The normalized spacial score (nSPS) is 23.0. The SMILES string of the molecule is COc1ccc(C(CCO)NC2CC(OC(C)(C)C)C2)cc1. The quantitative estimate of drug-likeness (QED) is 0.813. The van der Waals surface area contributed by atoms with Gasteiger partial charge in [0, 0.05) is 18.7 Å². The van der Waals surface area contributed by atoms with Crippen molar-refractivity contribution >= 4 is 0 Å². The van der Waals surface area contributed by atoms with E-state index in [1.807, 2.05) is 12.1 Å². The Hall–Kier alpha value is -1.10. The number of ether oxygens (including phenoxy) is 2. The first-order chi connectivity index (χ1) is 10.4. The van der Waals surface area contributed by atoms with Gasteiger partial charge in [-0.25, -0.2) is 0 Å². The molecular weight excluding hydrogens is 278 g/mol. The average Bonchev–Trinajstić information content (AvgIpc) is 2.43. The Morgan fingerprint density at radius 3 is 2.36 bits per heavy atom. The zero-order chi connectivity index (χ0) is 16.2. The molecular formula is C18H29NO3. The third-order valence-electron chi connectivity index (χ3n) is 3.99. The average molecular weight is 307 g/mol. The van der Waals surface area contributed by atoms with Crippen molar-refractivity contribution in [2.45, 2.75) is 63.8 Å². The van der Waals surface area contributed by atoms with Gasteiger partial charge in [0.25, 0.3) is 0 Å². The molecule has 22 heavy (non-hydrogen) atoms. The highest BCUT2D eigenvalue weighted by atomic mass is 16.5. The van der Waals surface area contributed by atoms with Gasteiger partial charge in [0.15, 0.2) is 0 Å². The van der Waals surface area contributed by atoms with Crippen LogP contribution in [0.1, 0.15) is 51.6 Å². The second-order valence-corrected chi connectivity index (χ2v) is 7.03. The molecule has 1 fully saturated rings. The number of hydrogen-bond donors (Lipinski definition) is 2. The zero-order valence-electron chi connectivity index (χ0n) is 14.1. The number of nitrogens with one attached hydrogen (secondary N) is 1. The summed E-state index contributed by atoms with van der Waals surface area (Å²) in [6.07, 6.45) is 3.14. The molecule has 0 amide bonds. The van der Waals surface area contributed by atoms with Crippen molar-refractivity contribution in [2.75, 3.05) is 13.7 Å². The van der Waals surface area contributed by atoms with Crippen molar-refractivity contribution in [1.29, 1.82) is 0 Å². The van der Waals surface area contributed by atoms with Gasteiger partial charge in [-0.3, -0.25) is 0 Å². The maximum atomic E-state index is 9.32. The molecule has 0 spiro atoms. The van der Waals surface area contributed by atoms with Crippen molar-refractivity contribution in [3.05, 3.63) is 29.8 Å². The van der Waals surface area contributed by atoms with E-state index in [1.165, 1.54) is 5.56 Å². The highest BCUT2D eigenvalue weighted by molar-refractivity contribution is 5.29. The maximum absolute atomic E-state index is 9.32. The second-order valence-electron chi connectivity index (χ2n) is 7.03. The van der Waals surface area contributed by atoms with E-state index >= 15 is 0 Å². The van der Waals surface area contributed by atoms with E-state index in [-0.39, 0.29) is 18.2 Å². The molecule has 1 unspecified atom stereocenters. The van der Waals surface area contributed by atoms with Crippen LogP contribution in [0.25, 0.3) is 0 Å². The molecule has 0 aliphatic heterocycles. The number of aliphatic hydroxyl groups excluding tert-OH is 1. The highest BCUT2D eigenvalue weighted by Gasteiger charge is 2.34. The number of rotatable bonds is 7. The van der Waals surface area contributed by atoms with Crippen LogP contribution >= 0.6 is 0 Å². The summed E-state index contributed by atoms with van der Waals surface area (Å²) < 4.78 is 11.2. The summed E-state index contributed by atoms with van der Waals surface area (Å²) in [5, 5.41) is 13.0. The monoisotopic (exact) mass is 307 g/mol. The largest absolute Gasteiger partial charge is 0.497 e. The van der Waals surface area contributed by atoms with Crippen molar-refractivity contribution in [1.82, 2.24) is 5.32 Å². The van der Waals surface area contributed by atoms with Gasteiger partial charge in [0.05, 0.1) is 18.8 Å². The van der Waals surface area contributed by atoms with Crippen molar-refractivity contribution in [3.63, 3.8) is 0 Å². The minimum Gasteiger partial charge on any atom is -0.497 e. The van der Waals surface area contributed by atoms with E-state index in [0.717, 1.165) is 18.6 Å². The Labute approximate surface area is 133 Å². The molecule has 2 N–H and O–H groups in total. The summed E-state index contributed by atoms with van der Waals surface area (Å²) in [6, 6.07) is 8.70. The molecule has 1 aliphatic rings. The van der Waals surface area contributed by atoms with Gasteiger partial charge in [0.2, 0.25) is 0 Å². The number of benzene rings is 1. The highest BCUT2D eigenvalue weighted by Crippen LogP contribution is 2.30. The first-order valence-electron chi connectivity index (χ1n) is 8.10. The van der Waals surface area contributed by atoms with Crippen LogP contribution in [0.2, 0.25) is 0 Å². The lowest BCUT2D eigenvalue weighted by Gasteiger charge is -2.41. The fraction of sp³-hybridized carbons (Fsp3) is 0.667. The lowest BCUT2D eigenvalue weighted by Crippen LogP contribution is -2.48. The molecule has 4 nitrogen and oxygen atoms in total. The van der Waals surface area contributed by atoms with Gasteiger partial charge in [-0.2, -0.15) is 0 Å². The van der Waals surface area contributed by atoms with Crippen molar-refractivity contribution in [3.8, 4) is 5.75 Å². The Morgan fingerprint density at radius 2 is 1.86 bits per heavy atom. The summed E-state index contributed by atoms with van der Waals surface area (Å²) >= 11 is 0. The Balaban J connectivity index is 1.87.